The number of para-hydroxylation sites is 1. The number of pyridine rings is 1. The number of guanidine groups is 1. The van der Waals surface area contributed by atoms with E-state index in [9.17, 15) is 72.5 Å². The Bertz CT molecular complexity index is 4950. The summed E-state index contributed by atoms with van der Waals surface area (Å²) in [5, 5.41) is 68.4. The van der Waals surface area contributed by atoms with Crippen molar-refractivity contribution in [3.63, 3.8) is 0 Å². The summed E-state index contributed by atoms with van der Waals surface area (Å²) in [6, 6.07) is 1.28. The molecule has 6 rings (SSSR count). The second-order valence-electron chi connectivity index (χ2n) is 34.6. The van der Waals surface area contributed by atoms with Crippen LogP contribution < -0.4 is 103 Å². The van der Waals surface area contributed by atoms with Crippen LogP contribution in [0.15, 0.2) is 110 Å². The summed E-state index contributed by atoms with van der Waals surface area (Å²) in [7, 11) is 1.26. The standard InChI is InChI=1S/C90H129N23O20S/c1-45(2)35-61-78(122)101-59(28-31-91)77(121)104-62(36-46(3)4)83(127)111-73(48(7)8)87(131)112-74(51(11)114)88(132)109-68(85(129)99-49(9)75(93)119)43-134-44-70(116)100-66(40-69(92)115)81(125)105-63(38-53-29-33-96-34-30-53)80(124)107-67(41-71(117)118)82(126)106-65(39-56-42-98-58-22-17-16-21-57(56)58)84(128)110-72(47(5)6)86(130)108-64(37-52-24-26-55(27-25-52)54-19-14-13-15-20-54)79(123)102-60(23-18-32-97-90(94)95)89(133)113(12)50(10)76(120)103-61/h13-17,19-22,24-27,29-30,33-34,42,45-51,59-68,72-74,98,114H,18,23,28,31-32,35-41,43-44,91H2,1-12H3,(H2,92,115)(H2,93,119)(H,99,129)(H,100,116)(H,101,122)(H,102,123)(H,103,120)(H,104,121)(H,105,125)(H,106,126)(H,107,124)(H,108,130)(H,109,132)(H,110,128)(H,111,127)(H,112,131)(H,117,118)(H4,94,95,97)/t49-,50-,51+,59-,60-,61+,62-,63-,64-,65-,66-,67-,68-,72-,73-,74-/m0/s1. The van der Waals surface area contributed by atoms with Crippen LogP contribution in [0.25, 0.3) is 22.0 Å². The van der Waals surface area contributed by atoms with E-state index in [1.54, 1.807) is 96.3 Å². The Morgan fingerprint density at radius 3 is 1.49 bits per heavy atom. The fourth-order valence-corrected chi connectivity index (χ4v) is 15.2. The second kappa shape index (κ2) is 53.1. The van der Waals surface area contributed by atoms with Crippen molar-refractivity contribution in [1.29, 1.82) is 5.41 Å². The molecule has 730 valence electrons. The number of carboxylic acids is 1. The first-order chi connectivity index (χ1) is 63.2. The summed E-state index contributed by atoms with van der Waals surface area (Å²) in [4.78, 5) is 267. The topological polar surface area (TPSA) is 688 Å². The van der Waals surface area contributed by atoms with Gasteiger partial charge in [0.05, 0.1) is 24.7 Å². The van der Waals surface area contributed by atoms with E-state index < -0.39 is 252 Å². The number of primary amides is 2. The number of aromatic amines is 1. The number of aliphatic hydroxyl groups excluding tert-OH is 1. The highest BCUT2D eigenvalue weighted by Crippen LogP contribution is 2.24. The lowest BCUT2D eigenvalue weighted by Crippen LogP contribution is -2.63. The highest BCUT2D eigenvalue weighted by Gasteiger charge is 2.42. The Labute approximate surface area is 780 Å². The van der Waals surface area contributed by atoms with Gasteiger partial charge in [0.2, 0.25) is 100 Å². The van der Waals surface area contributed by atoms with Gasteiger partial charge in [0.25, 0.3) is 0 Å². The van der Waals surface area contributed by atoms with Crippen LogP contribution >= 0.6 is 11.8 Å². The molecule has 3 aromatic carbocycles. The van der Waals surface area contributed by atoms with Gasteiger partial charge in [-0.25, -0.2) is 0 Å². The first kappa shape index (κ1) is 109. The number of carbonyl (C=O) groups is 18. The number of fused-ring (bicyclic) bond motifs is 1. The fourth-order valence-electron chi connectivity index (χ4n) is 14.4. The predicted molar refractivity (Wildman–Crippen MR) is 496 cm³/mol. The molecular formula is C90H129N23O20S. The molecule has 3 heterocycles. The summed E-state index contributed by atoms with van der Waals surface area (Å²) in [6.45, 7) is 16.5. The molecule has 0 spiro atoms. The van der Waals surface area contributed by atoms with Crippen LogP contribution in [0.2, 0.25) is 0 Å². The van der Waals surface area contributed by atoms with E-state index in [2.05, 4.69) is 89.7 Å². The molecule has 1 saturated heterocycles. The quantitative estimate of drug-likeness (QED) is 0.0141. The van der Waals surface area contributed by atoms with Crippen molar-refractivity contribution < 1.29 is 96.5 Å². The number of hydrogen-bond acceptors (Lipinski definition) is 23. The third-order valence-corrected chi connectivity index (χ3v) is 23.0. The third-order valence-electron chi connectivity index (χ3n) is 21.9. The molecule has 1 aliphatic rings. The van der Waals surface area contributed by atoms with E-state index >= 15 is 24.0 Å². The van der Waals surface area contributed by atoms with Crippen LogP contribution in [0.5, 0.6) is 0 Å². The molecule has 5 aromatic rings. The largest absolute Gasteiger partial charge is 0.481 e. The van der Waals surface area contributed by atoms with Gasteiger partial charge >= 0.3 is 5.97 Å². The number of hydrogen-bond donors (Lipinski definition) is 23. The second-order valence-corrected chi connectivity index (χ2v) is 35.6. The Balaban J connectivity index is 1.48. The number of rotatable bonds is 27. The molecule has 17 amide bonds. The number of amides is 17. The zero-order valence-electron chi connectivity index (χ0n) is 77.2. The van der Waals surface area contributed by atoms with Crippen LogP contribution in [0, 0.1) is 29.1 Å². The third kappa shape index (κ3) is 34.8. The van der Waals surface area contributed by atoms with Crippen molar-refractivity contribution in [2.75, 3.05) is 31.6 Å². The minimum Gasteiger partial charge on any atom is -0.481 e. The van der Waals surface area contributed by atoms with Gasteiger partial charge in [0.1, 0.15) is 90.6 Å². The fraction of sp³-hybridized carbons (Fsp3) is 0.511. The molecule has 0 aliphatic carbocycles. The molecule has 27 N–H and O–H groups in total. The number of benzene rings is 3. The highest BCUT2D eigenvalue weighted by atomic mass is 32.2. The highest BCUT2D eigenvalue weighted by molar-refractivity contribution is 8.00. The average molecular weight is 1890 g/mol. The number of aromatic nitrogens is 2. The number of H-pyrrole nitrogens is 1. The number of aliphatic hydroxyl groups is 1. The monoisotopic (exact) mass is 1880 g/mol. The molecule has 0 unspecified atom stereocenters. The summed E-state index contributed by atoms with van der Waals surface area (Å²) < 4.78 is 0. The zero-order valence-corrected chi connectivity index (χ0v) is 78.0. The smallest absolute Gasteiger partial charge is 0.305 e. The number of thioether (sulfide) groups is 1. The first-order valence-corrected chi connectivity index (χ1v) is 45.3. The molecule has 1 aliphatic heterocycles. The predicted octanol–water partition coefficient (Wildman–Crippen LogP) is -3.11. The van der Waals surface area contributed by atoms with E-state index in [1.165, 1.54) is 59.3 Å². The molecule has 16 atom stereocenters. The lowest BCUT2D eigenvalue weighted by Gasteiger charge is -2.32. The number of likely N-dealkylation sites (N-methyl/N-ethyl adjacent to an activating group) is 1. The van der Waals surface area contributed by atoms with E-state index in [4.69, 9.17) is 28.3 Å². The maximum Gasteiger partial charge on any atom is 0.305 e. The maximum atomic E-state index is 15.4. The van der Waals surface area contributed by atoms with Crippen molar-refractivity contribution in [3.05, 3.63) is 126 Å². The Kier molecular flexibility index (Phi) is 43.3. The normalized spacial score (nSPS) is 23.7. The summed E-state index contributed by atoms with van der Waals surface area (Å²) >= 11 is 0.624. The molecule has 0 saturated carbocycles. The van der Waals surface area contributed by atoms with Gasteiger partial charge in [-0.2, -0.15) is 0 Å². The van der Waals surface area contributed by atoms with Gasteiger partial charge in [-0.05, 0) is 129 Å². The summed E-state index contributed by atoms with van der Waals surface area (Å²) in [5.74, 6) is -23.6. The van der Waals surface area contributed by atoms with Crippen LogP contribution in [0.3, 0.4) is 0 Å². The number of nitrogens with one attached hydrogen (secondary N) is 17. The molecule has 0 bridgehead atoms. The summed E-state index contributed by atoms with van der Waals surface area (Å²) in [6.07, 6.45) is -1.31. The van der Waals surface area contributed by atoms with Crippen LogP contribution in [-0.4, -0.2) is 266 Å². The number of aliphatic carboxylic acids is 1. The minimum atomic E-state index is -2.10. The van der Waals surface area contributed by atoms with Gasteiger partial charge in [-0.1, -0.05) is 128 Å². The van der Waals surface area contributed by atoms with Crippen molar-refractivity contribution >= 4 is 135 Å². The van der Waals surface area contributed by atoms with Crippen LogP contribution in [0.1, 0.15) is 138 Å². The van der Waals surface area contributed by atoms with Gasteiger partial charge < -0.3 is 123 Å². The lowest BCUT2D eigenvalue weighted by atomic mass is 9.98. The molecule has 44 heteroatoms. The van der Waals surface area contributed by atoms with Crippen molar-refractivity contribution in [3.8, 4) is 11.1 Å². The molecule has 2 aromatic heterocycles. The van der Waals surface area contributed by atoms with Gasteiger partial charge in [-0.15, -0.1) is 11.8 Å². The zero-order chi connectivity index (χ0) is 99.5. The van der Waals surface area contributed by atoms with Crippen molar-refractivity contribution in [2.24, 2.45) is 46.6 Å². The van der Waals surface area contributed by atoms with E-state index in [1.807, 2.05) is 30.3 Å². The molecule has 43 nitrogen and oxygen atoms in total. The van der Waals surface area contributed by atoms with Gasteiger partial charge in [0.15, 0.2) is 5.96 Å². The Morgan fingerprint density at radius 2 is 0.955 bits per heavy atom. The number of nitrogens with two attached hydrogens (primary N) is 4. The van der Waals surface area contributed by atoms with Gasteiger partial charge in [-0.3, -0.25) is 96.7 Å². The first-order valence-electron chi connectivity index (χ1n) is 44.2. The Morgan fingerprint density at radius 1 is 0.507 bits per heavy atom. The SMILES string of the molecule is CC(C)C[C@@H]1NC(=O)[C@H](CCN)NC(=O)[C@@H](CC(C)C)NC(=O)[C@H](C)N(C)C(=O)[C@H](CCCNC(=N)N)NC(=O)[C@H](Cc2ccc(-c3ccccc3)cc2)NC(=O)[C@H](C(C)C)NC(=O)[C@H](Cc2c[nH]c3ccccc23)NC(=O)[C@H](CC(=O)O)NC(=O)[C@H](Cc2ccncc2)NC(=O)[C@H](CC(N)=O)NC(=O)CSC[C@@H](C(=O)N[C@@H](C)C(N)=O)NC(=O)[C@H]([C@@H](C)O)NC(=O)[C@H](C(C)C)NC1=O. The minimum absolute atomic E-state index is 0.00643. The molecule has 0 radical (unpaired) electrons. The number of carboxylic acid groups (broad SMARTS) is 1. The molecule has 134 heavy (non-hydrogen) atoms. The Hall–Kier alpha value is -13.6. The van der Waals surface area contributed by atoms with E-state index in [-0.39, 0.29) is 69.9 Å². The number of nitrogens with zero attached hydrogens (tertiary/aromatic N) is 2. The average Bonchev–Trinajstić information content (AvgIpc) is 1.52. The summed E-state index contributed by atoms with van der Waals surface area (Å²) in [5.41, 5.74) is 26.2. The van der Waals surface area contributed by atoms with Crippen molar-refractivity contribution in [2.45, 2.75) is 237 Å². The number of carbonyl (C=O) groups excluding carboxylic acids is 17. The van der Waals surface area contributed by atoms with E-state index in [0.29, 0.717) is 39.4 Å². The molecular weight excluding hydrogens is 1760 g/mol. The van der Waals surface area contributed by atoms with Crippen LogP contribution in [-0.2, 0) is 106 Å². The van der Waals surface area contributed by atoms with Crippen molar-refractivity contribution in [1.82, 2.24) is 94.6 Å². The van der Waals surface area contributed by atoms with E-state index in [0.717, 1.165) is 23.0 Å². The van der Waals surface area contributed by atoms with Crippen LogP contribution in [0.4, 0.5) is 0 Å². The maximum absolute atomic E-state index is 15.4. The van der Waals surface area contributed by atoms with Gasteiger partial charge in [0, 0.05) is 68.1 Å². The lowest BCUT2D eigenvalue weighted by molar-refractivity contribution is -0.143. The molecule has 1 fully saturated rings.